The minimum atomic E-state index is -0.0135. The Labute approximate surface area is 70.6 Å². The summed E-state index contributed by atoms with van der Waals surface area (Å²) in [5.41, 5.74) is 9.16. The lowest BCUT2D eigenvalue weighted by Gasteiger charge is -2.02. The van der Waals surface area contributed by atoms with Gasteiger partial charge in [0.1, 0.15) is 0 Å². The van der Waals surface area contributed by atoms with Crippen LogP contribution < -0.4 is 11.1 Å². The number of benzene rings is 1. The summed E-state index contributed by atoms with van der Waals surface area (Å²) in [6, 6.07) is 3.61. The Morgan fingerprint density at radius 1 is 1.50 bits per heavy atom. The maximum atomic E-state index is 11.2. The van der Waals surface area contributed by atoms with Crippen molar-refractivity contribution in [3.8, 4) is 0 Å². The van der Waals surface area contributed by atoms with Crippen LogP contribution in [-0.4, -0.2) is 5.91 Å². The van der Waals surface area contributed by atoms with Gasteiger partial charge in [-0.1, -0.05) is 0 Å². The van der Waals surface area contributed by atoms with Crippen molar-refractivity contribution in [2.45, 2.75) is 13.5 Å². The molecule has 62 valence electrons. The molecule has 0 fully saturated rings. The van der Waals surface area contributed by atoms with E-state index >= 15 is 0 Å². The summed E-state index contributed by atoms with van der Waals surface area (Å²) in [6.07, 6.45) is 0. The number of nitrogens with one attached hydrogen (secondary N) is 1. The second kappa shape index (κ2) is 2.24. The fourth-order valence-electron chi connectivity index (χ4n) is 1.55. The molecular formula is C9H10N2O. The van der Waals surface area contributed by atoms with E-state index in [2.05, 4.69) is 5.32 Å². The molecule has 1 heterocycles. The Balaban J connectivity index is 2.68. The summed E-state index contributed by atoms with van der Waals surface area (Å²) in [7, 11) is 0. The summed E-state index contributed by atoms with van der Waals surface area (Å²) in [5.74, 6) is -0.0135. The van der Waals surface area contributed by atoms with E-state index in [4.69, 9.17) is 5.73 Å². The molecule has 1 aromatic rings. The van der Waals surface area contributed by atoms with Gasteiger partial charge in [-0.25, -0.2) is 0 Å². The van der Waals surface area contributed by atoms with E-state index in [-0.39, 0.29) is 5.91 Å². The van der Waals surface area contributed by atoms with E-state index in [0.717, 1.165) is 16.7 Å². The number of fused-ring (bicyclic) bond motifs is 1. The highest BCUT2D eigenvalue weighted by atomic mass is 16.1. The normalized spacial score (nSPS) is 14.2. The Kier molecular flexibility index (Phi) is 1.33. The smallest absolute Gasteiger partial charge is 0.251 e. The van der Waals surface area contributed by atoms with Crippen LogP contribution >= 0.6 is 0 Å². The van der Waals surface area contributed by atoms with Crippen LogP contribution in [0.4, 0.5) is 5.69 Å². The van der Waals surface area contributed by atoms with Gasteiger partial charge in [0.25, 0.3) is 5.91 Å². The summed E-state index contributed by atoms with van der Waals surface area (Å²) in [4.78, 5) is 11.2. The molecule has 0 saturated heterocycles. The number of aryl methyl sites for hydroxylation is 1. The number of nitrogen functional groups attached to an aromatic ring is 1. The maximum absolute atomic E-state index is 11.2. The van der Waals surface area contributed by atoms with Crippen LogP contribution in [0, 0.1) is 6.92 Å². The van der Waals surface area contributed by atoms with Crippen molar-refractivity contribution in [3.63, 3.8) is 0 Å². The Morgan fingerprint density at radius 3 is 3.00 bits per heavy atom. The molecule has 3 nitrogen and oxygen atoms in total. The topological polar surface area (TPSA) is 55.1 Å². The highest BCUT2D eigenvalue weighted by molar-refractivity contribution is 5.99. The molecule has 0 atom stereocenters. The van der Waals surface area contributed by atoms with Crippen molar-refractivity contribution < 1.29 is 4.79 Å². The van der Waals surface area contributed by atoms with Gasteiger partial charge in [-0.05, 0) is 30.2 Å². The van der Waals surface area contributed by atoms with Gasteiger partial charge in [-0.2, -0.15) is 0 Å². The number of nitrogens with two attached hydrogens (primary N) is 1. The number of hydrogen-bond acceptors (Lipinski definition) is 2. The van der Waals surface area contributed by atoms with Crippen LogP contribution in [0.5, 0.6) is 0 Å². The second-order valence-corrected chi connectivity index (χ2v) is 3.05. The molecule has 0 aliphatic carbocycles. The summed E-state index contributed by atoms with van der Waals surface area (Å²) >= 11 is 0. The van der Waals surface area contributed by atoms with Crippen molar-refractivity contribution in [2.24, 2.45) is 0 Å². The van der Waals surface area contributed by atoms with Crippen molar-refractivity contribution >= 4 is 11.6 Å². The van der Waals surface area contributed by atoms with Gasteiger partial charge >= 0.3 is 0 Å². The molecule has 3 heteroatoms. The predicted octanol–water partition coefficient (Wildman–Crippen LogP) is 0.821. The number of hydrogen-bond donors (Lipinski definition) is 2. The Morgan fingerprint density at radius 2 is 2.25 bits per heavy atom. The summed E-state index contributed by atoms with van der Waals surface area (Å²) in [6.45, 7) is 2.61. The van der Waals surface area contributed by atoms with Gasteiger partial charge in [-0.3, -0.25) is 4.79 Å². The van der Waals surface area contributed by atoms with Crippen LogP contribution in [0.1, 0.15) is 21.5 Å². The zero-order chi connectivity index (χ0) is 8.72. The highest BCUT2D eigenvalue weighted by Crippen LogP contribution is 2.22. The van der Waals surface area contributed by atoms with Crippen molar-refractivity contribution in [2.75, 3.05) is 5.73 Å². The van der Waals surface area contributed by atoms with Crippen molar-refractivity contribution in [1.82, 2.24) is 5.32 Å². The van der Waals surface area contributed by atoms with Gasteiger partial charge < -0.3 is 11.1 Å². The standard InChI is InChI=1S/C9H10N2O/c1-5-2-6(10)3-7-8(5)4-11-9(7)12/h2-3H,4,10H2,1H3,(H,11,12). The highest BCUT2D eigenvalue weighted by Gasteiger charge is 2.20. The number of amides is 1. The molecular weight excluding hydrogens is 152 g/mol. The second-order valence-electron chi connectivity index (χ2n) is 3.05. The molecule has 3 N–H and O–H groups in total. The first kappa shape index (κ1) is 7.16. The van der Waals surface area contributed by atoms with Crippen LogP contribution in [-0.2, 0) is 6.54 Å². The molecule has 0 radical (unpaired) electrons. The van der Waals surface area contributed by atoms with Crippen LogP contribution in [0.3, 0.4) is 0 Å². The summed E-state index contributed by atoms with van der Waals surface area (Å²) in [5, 5.41) is 2.76. The summed E-state index contributed by atoms with van der Waals surface area (Å²) < 4.78 is 0. The molecule has 1 amide bonds. The van der Waals surface area contributed by atoms with Crippen molar-refractivity contribution in [1.29, 1.82) is 0 Å². The predicted molar refractivity (Wildman–Crippen MR) is 46.8 cm³/mol. The molecule has 0 spiro atoms. The van der Waals surface area contributed by atoms with Gasteiger partial charge in [0, 0.05) is 17.8 Å². The maximum Gasteiger partial charge on any atom is 0.251 e. The van der Waals surface area contributed by atoms with E-state index in [1.807, 2.05) is 13.0 Å². The Bertz CT molecular complexity index is 358. The number of anilines is 1. The fraction of sp³-hybridized carbons (Fsp3) is 0.222. The van der Waals surface area contributed by atoms with Gasteiger partial charge in [-0.15, -0.1) is 0 Å². The third-order valence-electron chi connectivity index (χ3n) is 2.17. The number of rotatable bonds is 0. The average Bonchev–Trinajstić information content (AvgIpc) is 2.33. The molecule has 0 saturated carbocycles. The molecule has 1 aromatic carbocycles. The van der Waals surface area contributed by atoms with E-state index in [9.17, 15) is 4.79 Å². The molecule has 2 rings (SSSR count). The lowest BCUT2D eigenvalue weighted by molar-refractivity contribution is 0.0966. The molecule has 0 aromatic heterocycles. The minimum Gasteiger partial charge on any atom is -0.399 e. The molecule has 12 heavy (non-hydrogen) atoms. The number of carbonyl (C=O) groups is 1. The molecule has 0 bridgehead atoms. The molecule has 1 aliphatic heterocycles. The van der Waals surface area contributed by atoms with E-state index in [1.54, 1.807) is 6.07 Å². The first-order chi connectivity index (χ1) is 5.68. The van der Waals surface area contributed by atoms with Crippen molar-refractivity contribution in [3.05, 3.63) is 28.8 Å². The zero-order valence-electron chi connectivity index (χ0n) is 6.85. The van der Waals surface area contributed by atoms with E-state index in [0.29, 0.717) is 12.2 Å². The van der Waals surface area contributed by atoms with E-state index < -0.39 is 0 Å². The van der Waals surface area contributed by atoms with Crippen LogP contribution in [0.25, 0.3) is 0 Å². The van der Waals surface area contributed by atoms with Crippen LogP contribution in [0.2, 0.25) is 0 Å². The van der Waals surface area contributed by atoms with Gasteiger partial charge in [0.05, 0.1) is 0 Å². The molecule has 1 aliphatic rings. The van der Waals surface area contributed by atoms with E-state index in [1.165, 1.54) is 0 Å². The number of carbonyl (C=O) groups excluding carboxylic acids is 1. The lowest BCUT2D eigenvalue weighted by atomic mass is 10.0. The third-order valence-corrected chi connectivity index (χ3v) is 2.17. The first-order valence-electron chi connectivity index (χ1n) is 3.85. The van der Waals surface area contributed by atoms with Crippen LogP contribution in [0.15, 0.2) is 12.1 Å². The van der Waals surface area contributed by atoms with Gasteiger partial charge in [0.15, 0.2) is 0 Å². The largest absolute Gasteiger partial charge is 0.399 e. The lowest BCUT2D eigenvalue weighted by Crippen LogP contribution is -2.12. The fourth-order valence-corrected chi connectivity index (χ4v) is 1.55. The minimum absolute atomic E-state index is 0.0135. The first-order valence-corrected chi connectivity index (χ1v) is 3.85. The zero-order valence-corrected chi connectivity index (χ0v) is 6.85. The quantitative estimate of drug-likeness (QED) is 0.555. The third kappa shape index (κ3) is 0.863. The molecule has 0 unspecified atom stereocenters. The SMILES string of the molecule is Cc1cc(N)cc2c1CNC2=O. The monoisotopic (exact) mass is 162 g/mol. The van der Waals surface area contributed by atoms with Gasteiger partial charge in [0.2, 0.25) is 0 Å². The Hall–Kier alpha value is -1.51. The average molecular weight is 162 g/mol.